The number of hydrogen-bond acceptors (Lipinski definition) is 5. The second-order valence-electron chi connectivity index (χ2n) is 8.34. The van der Waals surface area contributed by atoms with Crippen molar-refractivity contribution in [2.45, 2.75) is 25.8 Å². The molecule has 1 aliphatic heterocycles. The lowest BCUT2D eigenvalue weighted by molar-refractivity contribution is 0.205. The standard InChI is InChI=1S/C24H27N5O3/c1-16(18-4-3-5-20(12-18)32-15-17-6-7-17)28-10-11-29(24(28)30)22-9-8-21(23(27-22)31-2)19-13-25-26-14-19/h3-5,8-9,12-14,16-17H,6-7,10-11,15H2,1-2H3,(H,25,26). The SMILES string of the molecule is COc1nc(N2CCN(C(C)c3cccc(OCC4CC4)c3)C2=O)ccc1-c1cn[nH]c1. The van der Waals surface area contributed by atoms with Gasteiger partial charge in [-0.15, -0.1) is 0 Å². The quantitative estimate of drug-likeness (QED) is 0.574. The molecule has 5 rings (SSSR count). The van der Waals surface area contributed by atoms with E-state index < -0.39 is 0 Å². The predicted molar refractivity (Wildman–Crippen MR) is 121 cm³/mol. The Morgan fingerprint density at radius 1 is 1.22 bits per heavy atom. The topological polar surface area (TPSA) is 83.6 Å². The van der Waals surface area contributed by atoms with E-state index in [0.717, 1.165) is 29.0 Å². The Labute approximate surface area is 187 Å². The van der Waals surface area contributed by atoms with Crippen molar-refractivity contribution in [3.05, 3.63) is 54.4 Å². The molecule has 0 radical (unpaired) electrons. The summed E-state index contributed by atoms with van der Waals surface area (Å²) in [5.41, 5.74) is 2.77. The number of amides is 2. The molecule has 1 unspecified atom stereocenters. The number of hydrogen-bond donors (Lipinski definition) is 1. The Kier molecular flexibility index (Phi) is 5.43. The third kappa shape index (κ3) is 4.00. The van der Waals surface area contributed by atoms with Crippen molar-refractivity contribution >= 4 is 11.8 Å². The van der Waals surface area contributed by atoms with Crippen LogP contribution in [0.15, 0.2) is 48.8 Å². The van der Waals surface area contributed by atoms with E-state index in [1.165, 1.54) is 12.8 Å². The summed E-state index contributed by atoms with van der Waals surface area (Å²) in [6.07, 6.45) is 6.02. The van der Waals surface area contributed by atoms with Crippen LogP contribution in [0.1, 0.15) is 31.4 Å². The van der Waals surface area contributed by atoms with Gasteiger partial charge in [-0.05, 0) is 55.5 Å². The Balaban J connectivity index is 1.32. The number of aromatic nitrogens is 3. The lowest BCUT2D eigenvalue weighted by atomic mass is 10.1. The second-order valence-corrected chi connectivity index (χ2v) is 8.34. The maximum absolute atomic E-state index is 13.3. The molecule has 2 aromatic heterocycles. The zero-order chi connectivity index (χ0) is 22.1. The molecular weight excluding hydrogens is 406 g/mol. The number of rotatable bonds is 8. The predicted octanol–water partition coefficient (Wildman–Crippen LogP) is 4.27. The van der Waals surface area contributed by atoms with Gasteiger partial charge in [-0.2, -0.15) is 10.1 Å². The van der Waals surface area contributed by atoms with Crippen molar-refractivity contribution < 1.29 is 14.3 Å². The van der Waals surface area contributed by atoms with Gasteiger partial charge in [0.1, 0.15) is 11.6 Å². The highest BCUT2D eigenvalue weighted by Gasteiger charge is 2.34. The van der Waals surface area contributed by atoms with E-state index in [9.17, 15) is 4.79 Å². The van der Waals surface area contributed by atoms with Gasteiger partial charge in [0.15, 0.2) is 0 Å². The summed E-state index contributed by atoms with van der Waals surface area (Å²) >= 11 is 0. The molecule has 0 spiro atoms. The van der Waals surface area contributed by atoms with Crippen molar-refractivity contribution in [1.82, 2.24) is 20.1 Å². The van der Waals surface area contributed by atoms with Gasteiger partial charge in [0.25, 0.3) is 0 Å². The molecule has 32 heavy (non-hydrogen) atoms. The van der Waals surface area contributed by atoms with Crippen LogP contribution in [0, 0.1) is 5.92 Å². The van der Waals surface area contributed by atoms with Crippen LogP contribution >= 0.6 is 0 Å². The number of urea groups is 1. The van der Waals surface area contributed by atoms with Crippen LogP contribution in [0.25, 0.3) is 11.1 Å². The molecule has 2 amide bonds. The average molecular weight is 434 g/mol. The Morgan fingerprint density at radius 3 is 2.84 bits per heavy atom. The summed E-state index contributed by atoms with van der Waals surface area (Å²) in [4.78, 5) is 21.4. The number of nitrogens with zero attached hydrogens (tertiary/aromatic N) is 4. The lowest BCUT2D eigenvalue weighted by Crippen LogP contribution is -2.34. The van der Waals surface area contributed by atoms with Gasteiger partial charge in [0.2, 0.25) is 5.88 Å². The zero-order valence-electron chi connectivity index (χ0n) is 18.3. The van der Waals surface area contributed by atoms with Crippen LogP contribution in [0.4, 0.5) is 10.6 Å². The van der Waals surface area contributed by atoms with Crippen LogP contribution in [-0.2, 0) is 0 Å². The van der Waals surface area contributed by atoms with E-state index in [4.69, 9.17) is 9.47 Å². The Morgan fingerprint density at radius 2 is 2.09 bits per heavy atom. The number of carbonyl (C=O) groups excluding carboxylic acids is 1. The Hall–Kier alpha value is -3.55. The largest absolute Gasteiger partial charge is 0.493 e. The normalized spacial score (nSPS) is 17.0. The minimum Gasteiger partial charge on any atom is -0.493 e. The van der Waals surface area contributed by atoms with Crippen molar-refractivity contribution in [3.8, 4) is 22.8 Å². The average Bonchev–Trinajstić information content (AvgIpc) is 3.34. The summed E-state index contributed by atoms with van der Waals surface area (Å²) in [6, 6.07) is 11.7. The van der Waals surface area contributed by atoms with Crippen LogP contribution in [0.2, 0.25) is 0 Å². The minimum absolute atomic E-state index is 0.0626. The van der Waals surface area contributed by atoms with Gasteiger partial charge < -0.3 is 14.4 Å². The van der Waals surface area contributed by atoms with Crippen molar-refractivity contribution in [2.75, 3.05) is 31.7 Å². The summed E-state index contributed by atoms with van der Waals surface area (Å²) in [6.45, 7) is 4.02. The highest BCUT2D eigenvalue weighted by Crippen LogP contribution is 2.34. The number of carbonyl (C=O) groups is 1. The first-order chi connectivity index (χ1) is 15.6. The van der Waals surface area contributed by atoms with Crippen molar-refractivity contribution in [1.29, 1.82) is 0 Å². The molecule has 1 saturated carbocycles. The monoisotopic (exact) mass is 433 g/mol. The molecule has 3 aromatic rings. The van der Waals surface area contributed by atoms with Gasteiger partial charge in [0.05, 0.1) is 26.0 Å². The fraction of sp³-hybridized carbons (Fsp3) is 0.375. The van der Waals surface area contributed by atoms with Crippen LogP contribution in [0.3, 0.4) is 0 Å². The second kappa shape index (κ2) is 8.53. The molecule has 1 atom stereocenters. The number of benzene rings is 1. The van der Waals surface area contributed by atoms with Gasteiger partial charge in [-0.25, -0.2) is 4.79 Å². The van der Waals surface area contributed by atoms with Crippen LogP contribution in [0.5, 0.6) is 11.6 Å². The number of ether oxygens (including phenoxy) is 2. The summed E-state index contributed by atoms with van der Waals surface area (Å²) in [7, 11) is 1.58. The van der Waals surface area contributed by atoms with E-state index in [-0.39, 0.29) is 12.1 Å². The summed E-state index contributed by atoms with van der Waals surface area (Å²) in [5.74, 6) is 2.61. The molecule has 1 saturated heterocycles. The van der Waals surface area contributed by atoms with E-state index in [1.807, 2.05) is 41.3 Å². The van der Waals surface area contributed by atoms with E-state index in [0.29, 0.717) is 30.7 Å². The highest BCUT2D eigenvalue weighted by atomic mass is 16.5. The summed E-state index contributed by atoms with van der Waals surface area (Å²) < 4.78 is 11.4. The molecule has 1 aromatic carbocycles. The third-order valence-electron chi connectivity index (χ3n) is 6.16. The highest BCUT2D eigenvalue weighted by molar-refractivity contribution is 5.93. The van der Waals surface area contributed by atoms with Crippen LogP contribution < -0.4 is 14.4 Å². The molecule has 2 fully saturated rings. The first kappa shape index (κ1) is 20.4. The zero-order valence-corrected chi connectivity index (χ0v) is 18.3. The third-order valence-corrected chi connectivity index (χ3v) is 6.16. The number of methoxy groups -OCH3 is 1. The Bertz CT molecular complexity index is 1100. The van der Waals surface area contributed by atoms with Crippen LogP contribution in [-0.4, -0.2) is 52.9 Å². The molecule has 3 heterocycles. The number of nitrogens with one attached hydrogen (secondary N) is 1. The number of H-pyrrole nitrogens is 1. The van der Waals surface area contributed by atoms with Gasteiger partial charge >= 0.3 is 6.03 Å². The minimum atomic E-state index is -0.0657. The fourth-order valence-electron chi connectivity index (χ4n) is 4.02. The summed E-state index contributed by atoms with van der Waals surface area (Å²) in [5, 5.41) is 6.78. The van der Waals surface area contributed by atoms with E-state index >= 15 is 0 Å². The first-order valence-corrected chi connectivity index (χ1v) is 11.0. The van der Waals surface area contributed by atoms with Gasteiger partial charge in [0, 0.05) is 30.4 Å². The molecule has 0 bridgehead atoms. The number of pyridine rings is 1. The molecule has 1 aliphatic carbocycles. The lowest BCUT2D eigenvalue weighted by Gasteiger charge is -2.25. The van der Waals surface area contributed by atoms with E-state index in [2.05, 4.69) is 22.1 Å². The smallest absolute Gasteiger partial charge is 0.326 e. The molecular formula is C24H27N5O3. The maximum Gasteiger partial charge on any atom is 0.326 e. The molecule has 8 heteroatoms. The maximum atomic E-state index is 13.3. The number of anilines is 1. The van der Waals surface area contributed by atoms with Crippen molar-refractivity contribution in [3.63, 3.8) is 0 Å². The first-order valence-electron chi connectivity index (χ1n) is 11.0. The number of aromatic amines is 1. The van der Waals surface area contributed by atoms with Gasteiger partial charge in [-0.1, -0.05) is 12.1 Å². The van der Waals surface area contributed by atoms with E-state index in [1.54, 1.807) is 24.4 Å². The molecule has 166 valence electrons. The molecule has 1 N–H and O–H groups in total. The fourth-order valence-corrected chi connectivity index (χ4v) is 4.02. The molecule has 2 aliphatic rings. The molecule has 8 nitrogen and oxygen atoms in total. The van der Waals surface area contributed by atoms with Gasteiger partial charge in [-0.3, -0.25) is 10.00 Å². The van der Waals surface area contributed by atoms with Crippen molar-refractivity contribution in [2.24, 2.45) is 5.92 Å².